The van der Waals surface area contributed by atoms with Crippen LogP contribution < -0.4 is 15.4 Å². The molecule has 10 heteroatoms. The van der Waals surface area contributed by atoms with Crippen molar-refractivity contribution in [1.82, 2.24) is 14.5 Å². The maximum Gasteiger partial charge on any atom is 0.258 e. The van der Waals surface area contributed by atoms with Crippen LogP contribution in [0.3, 0.4) is 0 Å². The van der Waals surface area contributed by atoms with Crippen molar-refractivity contribution in [2.24, 2.45) is 0 Å². The molecule has 0 aliphatic carbocycles. The van der Waals surface area contributed by atoms with Gasteiger partial charge in [-0.25, -0.2) is 9.37 Å². The van der Waals surface area contributed by atoms with Crippen LogP contribution in [0.4, 0.5) is 20.9 Å². The molecule has 2 aromatic carbocycles. The number of aliphatic hydroxyl groups is 1. The second kappa shape index (κ2) is 10.9. The second-order valence-electron chi connectivity index (χ2n) is 9.24. The smallest absolute Gasteiger partial charge is 0.258 e. The van der Waals surface area contributed by atoms with Crippen molar-refractivity contribution in [1.29, 1.82) is 5.26 Å². The third-order valence-corrected chi connectivity index (χ3v) is 8.06. The molecule has 1 fully saturated rings. The molecular formula is C28H29FN6O2S. The predicted molar refractivity (Wildman–Crippen MR) is 150 cm³/mol. The summed E-state index contributed by atoms with van der Waals surface area (Å²) >= 11 is 1.26. The standard InChI is InChI=1S/C28H29FN6O2S/c1-3-34-18-24(32(2)28-31-26(25(17-30)38-28)19-4-6-20(29)7-5-19)23-16-21(8-9-22(23)27(34)37)35-12-10-33(11-13-35)14-15-36/h4-9,16,18,36H,3,10-15H2,1-2H3. The number of halogens is 1. The molecule has 0 radical (unpaired) electrons. The number of piperazine rings is 1. The highest BCUT2D eigenvalue weighted by Gasteiger charge is 2.22. The van der Waals surface area contributed by atoms with Crippen LogP contribution in [0.25, 0.3) is 22.0 Å². The van der Waals surface area contributed by atoms with Crippen molar-refractivity contribution in [2.45, 2.75) is 13.5 Å². The van der Waals surface area contributed by atoms with Gasteiger partial charge in [0.1, 0.15) is 22.5 Å². The van der Waals surface area contributed by atoms with Gasteiger partial charge in [-0.15, -0.1) is 0 Å². The number of pyridine rings is 1. The van der Waals surface area contributed by atoms with Crippen LogP contribution in [0.5, 0.6) is 0 Å². The molecule has 0 saturated carbocycles. The molecule has 0 atom stereocenters. The van der Waals surface area contributed by atoms with Crippen LogP contribution >= 0.6 is 11.3 Å². The highest BCUT2D eigenvalue weighted by molar-refractivity contribution is 7.16. The van der Waals surface area contributed by atoms with Gasteiger partial charge in [0.2, 0.25) is 0 Å². The van der Waals surface area contributed by atoms with E-state index in [1.165, 1.54) is 23.5 Å². The number of hydrogen-bond acceptors (Lipinski definition) is 8. The van der Waals surface area contributed by atoms with E-state index in [-0.39, 0.29) is 18.0 Å². The van der Waals surface area contributed by atoms with Crippen molar-refractivity contribution >= 4 is 38.6 Å². The number of β-amino-alcohol motifs (C(OH)–C–C–N with tert-alkyl or cyclic N) is 1. The molecule has 3 heterocycles. The van der Waals surface area contributed by atoms with Crippen LogP contribution in [-0.2, 0) is 6.54 Å². The molecule has 196 valence electrons. The van der Waals surface area contributed by atoms with E-state index >= 15 is 0 Å². The first-order chi connectivity index (χ1) is 18.4. The molecule has 0 amide bonds. The molecule has 5 rings (SSSR count). The minimum atomic E-state index is -0.348. The number of aliphatic hydroxyl groups excluding tert-OH is 1. The summed E-state index contributed by atoms with van der Waals surface area (Å²) < 4.78 is 15.2. The van der Waals surface area contributed by atoms with Crippen LogP contribution in [0.15, 0.2) is 53.5 Å². The van der Waals surface area contributed by atoms with Gasteiger partial charge in [-0.2, -0.15) is 5.26 Å². The van der Waals surface area contributed by atoms with Crippen LogP contribution in [0.2, 0.25) is 0 Å². The molecule has 4 aromatic rings. The summed E-state index contributed by atoms with van der Waals surface area (Å²) in [6, 6.07) is 14.1. The van der Waals surface area contributed by atoms with E-state index in [0.29, 0.717) is 39.7 Å². The lowest BCUT2D eigenvalue weighted by atomic mass is 10.1. The molecule has 0 bridgehead atoms. The Morgan fingerprint density at radius 1 is 1.13 bits per heavy atom. The predicted octanol–water partition coefficient (Wildman–Crippen LogP) is 4.04. The average molecular weight is 533 g/mol. The van der Waals surface area contributed by atoms with E-state index < -0.39 is 0 Å². The van der Waals surface area contributed by atoms with Crippen molar-refractivity contribution in [3.8, 4) is 17.3 Å². The lowest BCUT2D eigenvalue weighted by Crippen LogP contribution is -2.47. The second-order valence-corrected chi connectivity index (χ2v) is 10.2. The number of benzene rings is 2. The number of nitrogens with zero attached hydrogens (tertiary/aromatic N) is 6. The van der Waals surface area contributed by atoms with E-state index in [1.807, 2.05) is 37.2 Å². The molecule has 1 N–H and O–H groups in total. The molecule has 0 spiro atoms. The number of aryl methyl sites for hydroxylation is 1. The fourth-order valence-electron chi connectivity index (χ4n) is 4.87. The lowest BCUT2D eigenvalue weighted by molar-refractivity contribution is 0.189. The number of nitriles is 1. The number of fused-ring (bicyclic) bond motifs is 1. The average Bonchev–Trinajstić information content (AvgIpc) is 3.38. The summed E-state index contributed by atoms with van der Waals surface area (Å²) in [6.45, 7) is 6.69. The number of aromatic nitrogens is 2. The zero-order valence-corrected chi connectivity index (χ0v) is 22.2. The molecule has 1 saturated heterocycles. The van der Waals surface area contributed by atoms with E-state index in [0.717, 1.165) is 42.9 Å². The van der Waals surface area contributed by atoms with Gasteiger partial charge >= 0.3 is 0 Å². The molecule has 2 aromatic heterocycles. The number of anilines is 3. The van der Waals surface area contributed by atoms with Crippen molar-refractivity contribution in [2.75, 3.05) is 56.2 Å². The van der Waals surface area contributed by atoms with E-state index in [9.17, 15) is 19.6 Å². The van der Waals surface area contributed by atoms with Gasteiger partial charge < -0.3 is 19.5 Å². The molecule has 1 aliphatic heterocycles. The Morgan fingerprint density at radius 3 is 2.53 bits per heavy atom. The Morgan fingerprint density at radius 2 is 1.87 bits per heavy atom. The first-order valence-corrected chi connectivity index (χ1v) is 13.4. The molecule has 1 aliphatic rings. The maximum atomic E-state index is 13.5. The number of rotatable bonds is 7. The fourth-order valence-corrected chi connectivity index (χ4v) is 5.73. The largest absolute Gasteiger partial charge is 0.395 e. The van der Waals surface area contributed by atoms with Gasteiger partial charge in [-0.3, -0.25) is 9.69 Å². The van der Waals surface area contributed by atoms with Crippen LogP contribution in [0.1, 0.15) is 11.8 Å². The Hall–Kier alpha value is -3.78. The van der Waals surface area contributed by atoms with E-state index in [2.05, 4.69) is 21.9 Å². The van der Waals surface area contributed by atoms with Gasteiger partial charge in [-0.1, -0.05) is 11.3 Å². The van der Waals surface area contributed by atoms with Crippen molar-refractivity contribution in [3.63, 3.8) is 0 Å². The summed E-state index contributed by atoms with van der Waals surface area (Å²) in [5.74, 6) is -0.348. The maximum absolute atomic E-state index is 13.5. The third kappa shape index (κ3) is 4.88. The van der Waals surface area contributed by atoms with Gasteiger partial charge in [0.05, 0.1) is 12.3 Å². The summed E-state index contributed by atoms with van der Waals surface area (Å²) in [7, 11) is 1.88. The third-order valence-electron chi connectivity index (χ3n) is 7.03. The van der Waals surface area contributed by atoms with Crippen LogP contribution in [-0.4, -0.2) is 65.9 Å². The van der Waals surface area contributed by atoms with Crippen LogP contribution in [0, 0.1) is 17.1 Å². The topological polar surface area (TPSA) is 88.6 Å². The first-order valence-electron chi connectivity index (χ1n) is 12.6. The number of thiazole rings is 1. The normalized spacial score (nSPS) is 14.1. The Labute approximate surface area is 224 Å². The minimum Gasteiger partial charge on any atom is -0.395 e. The monoisotopic (exact) mass is 532 g/mol. The summed E-state index contributed by atoms with van der Waals surface area (Å²) in [5, 5.41) is 21.1. The zero-order chi connectivity index (χ0) is 26.8. The Bertz CT molecular complexity index is 1550. The summed E-state index contributed by atoms with van der Waals surface area (Å²) in [5.41, 5.74) is 2.97. The number of hydrogen-bond donors (Lipinski definition) is 1. The van der Waals surface area contributed by atoms with Gasteiger partial charge in [0.15, 0.2) is 5.13 Å². The Kier molecular flexibility index (Phi) is 7.42. The highest BCUT2D eigenvalue weighted by atomic mass is 32.1. The minimum absolute atomic E-state index is 0.0529. The summed E-state index contributed by atoms with van der Waals surface area (Å²) in [4.78, 5) is 24.8. The fraction of sp³-hybridized carbons (Fsp3) is 0.321. The quantitative estimate of drug-likeness (QED) is 0.384. The highest BCUT2D eigenvalue weighted by Crippen LogP contribution is 2.38. The first kappa shape index (κ1) is 25.9. The van der Waals surface area contributed by atoms with Crippen molar-refractivity contribution in [3.05, 3.63) is 69.7 Å². The van der Waals surface area contributed by atoms with E-state index in [1.54, 1.807) is 16.7 Å². The molecule has 0 unspecified atom stereocenters. The van der Waals surface area contributed by atoms with E-state index in [4.69, 9.17) is 4.98 Å². The molecular weight excluding hydrogens is 503 g/mol. The van der Waals surface area contributed by atoms with Gasteiger partial charge in [-0.05, 0) is 49.4 Å². The van der Waals surface area contributed by atoms with Gasteiger partial charge in [0, 0.05) is 74.5 Å². The molecule has 8 nitrogen and oxygen atoms in total. The Balaban J connectivity index is 1.56. The van der Waals surface area contributed by atoms with Gasteiger partial charge in [0.25, 0.3) is 5.56 Å². The lowest BCUT2D eigenvalue weighted by Gasteiger charge is -2.36. The zero-order valence-electron chi connectivity index (χ0n) is 21.4. The summed E-state index contributed by atoms with van der Waals surface area (Å²) in [6.07, 6.45) is 1.85. The SMILES string of the molecule is CCn1cc(N(C)c2nc(-c3ccc(F)cc3)c(C#N)s2)c2cc(N3CCN(CCO)CC3)ccc2c1=O. The molecule has 38 heavy (non-hydrogen) atoms. The van der Waals surface area contributed by atoms with Crippen molar-refractivity contribution < 1.29 is 9.50 Å².